The summed E-state index contributed by atoms with van der Waals surface area (Å²) in [4.78, 5) is 8.96. The molecule has 0 bridgehead atoms. The van der Waals surface area contributed by atoms with Crippen LogP contribution in [0.2, 0.25) is 0 Å². The summed E-state index contributed by atoms with van der Waals surface area (Å²) >= 11 is 0. The third-order valence-corrected chi connectivity index (χ3v) is 2.51. The number of nitrogens with zero attached hydrogens (tertiary/aromatic N) is 2. The van der Waals surface area contributed by atoms with Gasteiger partial charge in [-0.2, -0.15) is 0 Å². The standard InChI is InChI=1S/C11H16N2O.C2H6/c1-7(2)11-9-6-14-5-4-10(9)12-8(3)13-11;1-2/h7H,4-6H2,1-3H3;1-2H3. The van der Waals surface area contributed by atoms with Gasteiger partial charge >= 0.3 is 0 Å². The second-order valence-corrected chi connectivity index (χ2v) is 4.04. The minimum Gasteiger partial charge on any atom is -0.376 e. The molecule has 2 heterocycles. The summed E-state index contributed by atoms with van der Waals surface area (Å²) in [6, 6.07) is 0. The third-order valence-electron chi connectivity index (χ3n) is 2.51. The van der Waals surface area contributed by atoms with E-state index in [0.717, 1.165) is 24.5 Å². The molecule has 0 spiro atoms. The van der Waals surface area contributed by atoms with Crippen LogP contribution in [0.5, 0.6) is 0 Å². The van der Waals surface area contributed by atoms with Crippen LogP contribution in [-0.4, -0.2) is 16.6 Å². The van der Waals surface area contributed by atoms with E-state index >= 15 is 0 Å². The fourth-order valence-electron chi connectivity index (χ4n) is 1.86. The van der Waals surface area contributed by atoms with E-state index in [0.29, 0.717) is 12.5 Å². The van der Waals surface area contributed by atoms with Gasteiger partial charge in [0.15, 0.2) is 0 Å². The first kappa shape index (κ1) is 13.1. The molecule has 0 saturated heterocycles. The van der Waals surface area contributed by atoms with Crippen molar-refractivity contribution >= 4 is 0 Å². The Hall–Kier alpha value is -0.960. The van der Waals surface area contributed by atoms with Crippen molar-refractivity contribution in [3.8, 4) is 0 Å². The number of fused-ring (bicyclic) bond motifs is 1. The van der Waals surface area contributed by atoms with E-state index in [-0.39, 0.29) is 0 Å². The number of rotatable bonds is 1. The maximum atomic E-state index is 5.45. The average molecular weight is 222 g/mol. The van der Waals surface area contributed by atoms with Gasteiger partial charge in [-0.3, -0.25) is 0 Å². The lowest BCUT2D eigenvalue weighted by Crippen LogP contribution is -2.17. The molecule has 2 rings (SSSR count). The van der Waals surface area contributed by atoms with E-state index in [9.17, 15) is 0 Å². The van der Waals surface area contributed by atoms with Crippen LogP contribution in [0, 0.1) is 6.92 Å². The van der Waals surface area contributed by atoms with Crippen molar-refractivity contribution in [3.63, 3.8) is 0 Å². The van der Waals surface area contributed by atoms with Crippen molar-refractivity contribution in [2.45, 2.75) is 53.6 Å². The van der Waals surface area contributed by atoms with Crippen molar-refractivity contribution in [3.05, 3.63) is 22.8 Å². The maximum absolute atomic E-state index is 5.45. The van der Waals surface area contributed by atoms with Gasteiger partial charge in [0.1, 0.15) is 5.82 Å². The molecule has 0 unspecified atom stereocenters. The van der Waals surface area contributed by atoms with Crippen LogP contribution in [0.4, 0.5) is 0 Å². The highest BCUT2D eigenvalue weighted by molar-refractivity contribution is 5.29. The van der Waals surface area contributed by atoms with E-state index in [4.69, 9.17) is 4.74 Å². The molecular formula is C13H22N2O. The summed E-state index contributed by atoms with van der Waals surface area (Å²) < 4.78 is 5.45. The summed E-state index contributed by atoms with van der Waals surface area (Å²) in [6.45, 7) is 11.8. The number of aromatic nitrogens is 2. The predicted molar refractivity (Wildman–Crippen MR) is 65.6 cm³/mol. The van der Waals surface area contributed by atoms with Gasteiger partial charge < -0.3 is 4.74 Å². The topological polar surface area (TPSA) is 35.0 Å². The molecule has 0 radical (unpaired) electrons. The molecule has 0 atom stereocenters. The Kier molecular flexibility index (Phi) is 4.87. The smallest absolute Gasteiger partial charge is 0.125 e. The van der Waals surface area contributed by atoms with E-state index in [1.807, 2.05) is 20.8 Å². The highest BCUT2D eigenvalue weighted by Crippen LogP contribution is 2.23. The Balaban J connectivity index is 0.000000606. The fraction of sp³-hybridized carbons (Fsp3) is 0.692. The molecule has 0 aliphatic carbocycles. The molecule has 1 aliphatic rings. The van der Waals surface area contributed by atoms with E-state index in [1.54, 1.807) is 0 Å². The minimum absolute atomic E-state index is 0.451. The van der Waals surface area contributed by atoms with Crippen LogP contribution in [0.25, 0.3) is 0 Å². The zero-order valence-electron chi connectivity index (χ0n) is 11.0. The maximum Gasteiger partial charge on any atom is 0.125 e. The number of aryl methyl sites for hydroxylation is 1. The van der Waals surface area contributed by atoms with Gasteiger partial charge in [-0.05, 0) is 12.8 Å². The Morgan fingerprint density at radius 1 is 1.19 bits per heavy atom. The van der Waals surface area contributed by atoms with Crippen LogP contribution in [-0.2, 0) is 17.8 Å². The second kappa shape index (κ2) is 5.94. The highest BCUT2D eigenvalue weighted by Gasteiger charge is 2.18. The van der Waals surface area contributed by atoms with E-state index in [2.05, 4.69) is 23.8 Å². The summed E-state index contributed by atoms with van der Waals surface area (Å²) in [5.74, 6) is 1.33. The zero-order chi connectivity index (χ0) is 12.1. The van der Waals surface area contributed by atoms with Gasteiger partial charge in [0.05, 0.1) is 24.6 Å². The molecule has 0 amide bonds. The van der Waals surface area contributed by atoms with Gasteiger partial charge in [-0.15, -0.1) is 0 Å². The largest absolute Gasteiger partial charge is 0.376 e. The van der Waals surface area contributed by atoms with Crippen LogP contribution in [0.3, 0.4) is 0 Å². The van der Waals surface area contributed by atoms with E-state index < -0.39 is 0 Å². The number of ether oxygens (including phenoxy) is 1. The third kappa shape index (κ3) is 2.79. The summed E-state index contributed by atoms with van der Waals surface area (Å²) in [6.07, 6.45) is 0.929. The Labute approximate surface area is 98.3 Å². The van der Waals surface area contributed by atoms with Gasteiger partial charge in [-0.25, -0.2) is 9.97 Å². The normalized spacial score (nSPS) is 14.1. The first-order valence-electron chi connectivity index (χ1n) is 6.12. The molecule has 0 saturated carbocycles. The van der Waals surface area contributed by atoms with Crippen molar-refractivity contribution in [1.29, 1.82) is 0 Å². The van der Waals surface area contributed by atoms with Crippen molar-refractivity contribution in [2.24, 2.45) is 0 Å². The zero-order valence-corrected chi connectivity index (χ0v) is 11.0. The molecule has 0 N–H and O–H groups in total. The van der Waals surface area contributed by atoms with Gasteiger partial charge in [0.2, 0.25) is 0 Å². The predicted octanol–water partition coefficient (Wildman–Crippen LogP) is 3.01. The van der Waals surface area contributed by atoms with Crippen LogP contribution in [0.15, 0.2) is 0 Å². The molecule has 16 heavy (non-hydrogen) atoms. The molecule has 3 nitrogen and oxygen atoms in total. The van der Waals surface area contributed by atoms with Crippen molar-refractivity contribution in [2.75, 3.05) is 6.61 Å². The lowest BCUT2D eigenvalue weighted by Gasteiger charge is -2.20. The lowest BCUT2D eigenvalue weighted by molar-refractivity contribution is 0.107. The molecular weight excluding hydrogens is 200 g/mol. The van der Waals surface area contributed by atoms with E-state index in [1.165, 1.54) is 11.3 Å². The van der Waals surface area contributed by atoms with Crippen LogP contribution >= 0.6 is 0 Å². The molecule has 1 aromatic heterocycles. The van der Waals surface area contributed by atoms with Gasteiger partial charge in [-0.1, -0.05) is 27.7 Å². The van der Waals surface area contributed by atoms with Crippen LogP contribution in [0.1, 0.15) is 56.4 Å². The fourth-order valence-corrected chi connectivity index (χ4v) is 1.86. The molecule has 0 aromatic carbocycles. The quantitative estimate of drug-likeness (QED) is 0.732. The second-order valence-electron chi connectivity index (χ2n) is 4.04. The van der Waals surface area contributed by atoms with Gasteiger partial charge in [0.25, 0.3) is 0 Å². The summed E-state index contributed by atoms with van der Waals surface area (Å²) in [7, 11) is 0. The molecule has 3 heteroatoms. The summed E-state index contributed by atoms with van der Waals surface area (Å²) in [5.41, 5.74) is 3.57. The highest BCUT2D eigenvalue weighted by atomic mass is 16.5. The first-order valence-corrected chi connectivity index (χ1v) is 6.12. The summed E-state index contributed by atoms with van der Waals surface area (Å²) in [5, 5.41) is 0. The SMILES string of the molecule is CC.Cc1nc2c(c(C(C)C)n1)COCC2. The Morgan fingerprint density at radius 3 is 2.50 bits per heavy atom. The van der Waals surface area contributed by atoms with Crippen molar-refractivity contribution < 1.29 is 4.74 Å². The minimum atomic E-state index is 0.451. The molecule has 1 aliphatic heterocycles. The number of hydrogen-bond donors (Lipinski definition) is 0. The van der Waals surface area contributed by atoms with Crippen LogP contribution < -0.4 is 0 Å². The molecule has 1 aromatic rings. The monoisotopic (exact) mass is 222 g/mol. The first-order chi connectivity index (χ1) is 7.68. The Morgan fingerprint density at radius 2 is 1.88 bits per heavy atom. The lowest BCUT2D eigenvalue weighted by atomic mass is 10.0. The van der Waals surface area contributed by atoms with Crippen molar-refractivity contribution in [1.82, 2.24) is 9.97 Å². The molecule has 90 valence electrons. The average Bonchev–Trinajstić information content (AvgIpc) is 2.30. The van der Waals surface area contributed by atoms with Gasteiger partial charge in [0, 0.05) is 12.0 Å². The number of hydrogen-bond acceptors (Lipinski definition) is 3. The Bertz CT molecular complexity index is 348. The molecule has 0 fully saturated rings.